The summed E-state index contributed by atoms with van der Waals surface area (Å²) in [6, 6.07) is 0. The van der Waals surface area contributed by atoms with Gasteiger partial charge in [-0.15, -0.1) is 0 Å². The van der Waals surface area contributed by atoms with Gasteiger partial charge in [0.15, 0.2) is 7.92 Å². The molecule has 0 aliphatic rings. The van der Waals surface area contributed by atoms with Crippen molar-refractivity contribution in [2.24, 2.45) is 5.50 Å². The Balaban J connectivity index is 4.35. The van der Waals surface area contributed by atoms with Gasteiger partial charge in [0, 0.05) is 6.42 Å². The summed E-state index contributed by atoms with van der Waals surface area (Å²) in [5.74, 6) is -1.17. The molecular formula is C4H8NO3P. The zero-order chi connectivity index (χ0) is 7.44. The van der Waals surface area contributed by atoms with Gasteiger partial charge in [0.2, 0.25) is 5.29 Å². The number of aliphatic carboxylic acids is 1. The van der Waals surface area contributed by atoms with E-state index in [2.05, 4.69) is 0 Å². The minimum Gasteiger partial charge on any atom is -0.614 e. The molecule has 5 heteroatoms. The van der Waals surface area contributed by atoms with Crippen LogP contribution in [0.3, 0.4) is 0 Å². The summed E-state index contributed by atoms with van der Waals surface area (Å²) in [5, 5.41) is 8.14. The highest BCUT2D eigenvalue weighted by Crippen LogP contribution is 2.03. The topological polar surface area (TPSA) is 86.4 Å². The van der Waals surface area contributed by atoms with E-state index >= 15 is 0 Å². The Labute approximate surface area is 53.8 Å². The van der Waals surface area contributed by atoms with E-state index < -0.39 is 13.9 Å². The second-order valence-corrected chi connectivity index (χ2v) is 2.62. The molecule has 0 spiro atoms. The van der Waals surface area contributed by atoms with Crippen LogP contribution in [0.2, 0.25) is 0 Å². The molecule has 0 aliphatic carbocycles. The molecule has 0 saturated carbocycles. The fourth-order valence-electron chi connectivity index (χ4n) is 0.401. The molecule has 1 unspecified atom stereocenters. The first kappa shape index (κ1) is 8.56. The number of nitrogens with two attached hydrogens (primary N) is 1. The first-order valence-electron chi connectivity index (χ1n) is 2.40. The fraction of sp³-hybridized carbons (Fsp3) is 0.500. The highest BCUT2D eigenvalue weighted by molar-refractivity contribution is 7.51. The third-order valence-electron chi connectivity index (χ3n) is 0.848. The normalized spacial score (nSPS) is 12.8. The smallest absolute Gasteiger partial charge is 0.375 e. The molecule has 9 heavy (non-hydrogen) atoms. The Morgan fingerprint density at radius 1 is 1.89 bits per heavy atom. The van der Waals surface area contributed by atoms with E-state index in [9.17, 15) is 9.69 Å². The Morgan fingerprint density at radius 3 is 2.33 bits per heavy atom. The van der Waals surface area contributed by atoms with Crippen LogP contribution in [0.1, 0.15) is 13.3 Å². The van der Waals surface area contributed by atoms with Gasteiger partial charge in [-0.2, -0.15) is 5.50 Å². The van der Waals surface area contributed by atoms with Gasteiger partial charge >= 0.3 is 5.97 Å². The molecule has 0 aromatic heterocycles. The largest absolute Gasteiger partial charge is 0.614 e. The molecule has 0 heterocycles. The average Bonchev–Trinajstić information content (AvgIpc) is 1.64. The van der Waals surface area contributed by atoms with Crippen LogP contribution in [-0.2, 0) is 4.79 Å². The summed E-state index contributed by atoms with van der Waals surface area (Å²) in [5.41, 5.74) is 4.84. The molecule has 0 aliphatic heterocycles. The van der Waals surface area contributed by atoms with Gasteiger partial charge in [-0.05, 0) is 0 Å². The zero-order valence-electron chi connectivity index (χ0n) is 5.00. The van der Waals surface area contributed by atoms with Crippen LogP contribution in [-0.4, -0.2) is 16.4 Å². The predicted molar refractivity (Wildman–Crippen MR) is 34.0 cm³/mol. The number of rotatable bonds is 2. The molecule has 52 valence electrons. The Morgan fingerprint density at radius 2 is 2.33 bits per heavy atom. The van der Waals surface area contributed by atoms with Gasteiger partial charge in [0.25, 0.3) is 0 Å². The van der Waals surface area contributed by atoms with E-state index in [4.69, 9.17) is 10.6 Å². The Hall–Kier alpha value is -0.440. The summed E-state index contributed by atoms with van der Waals surface area (Å²) in [7, 11) is -2.14. The fourth-order valence-corrected chi connectivity index (χ4v) is 0.902. The minimum absolute atomic E-state index is 0.106. The molecule has 0 amide bonds. The highest BCUT2D eigenvalue weighted by atomic mass is 31.1. The minimum atomic E-state index is -2.14. The maximum absolute atomic E-state index is 10.3. The maximum atomic E-state index is 10.3. The Bertz CT molecular complexity index is 150. The molecule has 1 atom stereocenters. The molecule has 0 saturated heterocycles. The van der Waals surface area contributed by atoms with Crippen molar-refractivity contribution in [1.29, 1.82) is 0 Å². The standard InChI is InChI=1S/C4H8NO3P/c1-2-3(4(6)7)9(5)8/h2,5H2,1H3,(H,6,7). The van der Waals surface area contributed by atoms with Crippen molar-refractivity contribution in [2.75, 3.05) is 0 Å². The molecule has 0 fully saturated rings. The molecule has 0 aromatic rings. The SMILES string of the molecule is CCC(C(=O)O)=[P+](N)[O-]. The van der Waals surface area contributed by atoms with Crippen LogP contribution < -0.4 is 10.4 Å². The average molecular weight is 149 g/mol. The van der Waals surface area contributed by atoms with Gasteiger partial charge in [0.1, 0.15) is 0 Å². The van der Waals surface area contributed by atoms with E-state index in [0.29, 0.717) is 0 Å². The third kappa shape index (κ3) is 2.56. The molecule has 0 rings (SSSR count). The van der Waals surface area contributed by atoms with Crippen LogP contribution in [0.5, 0.6) is 0 Å². The first-order valence-corrected chi connectivity index (χ1v) is 3.73. The van der Waals surface area contributed by atoms with Gasteiger partial charge in [-0.25, -0.2) is 4.79 Å². The summed E-state index contributed by atoms with van der Waals surface area (Å²) in [6.45, 7) is 1.60. The summed E-state index contributed by atoms with van der Waals surface area (Å²) in [4.78, 5) is 20.4. The van der Waals surface area contributed by atoms with Crippen molar-refractivity contribution in [2.45, 2.75) is 13.3 Å². The van der Waals surface area contributed by atoms with Gasteiger partial charge in [0.05, 0.1) is 0 Å². The van der Waals surface area contributed by atoms with Crippen molar-refractivity contribution in [3.63, 3.8) is 0 Å². The number of carboxylic acids is 1. The van der Waals surface area contributed by atoms with E-state index in [1.807, 2.05) is 0 Å². The molecule has 3 N–H and O–H groups in total. The van der Waals surface area contributed by atoms with E-state index in [0.717, 1.165) is 0 Å². The third-order valence-corrected chi connectivity index (χ3v) is 1.89. The predicted octanol–water partition coefficient (Wildman–Crippen LogP) is -0.716. The lowest BCUT2D eigenvalue weighted by Crippen LogP contribution is -2.16. The maximum Gasteiger partial charge on any atom is 0.375 e. The Kier molecular flexibility index (Phi) is 3.39. The zero-order valence-corrected chi connectivity index (χ0v) is 5.89. The molecule has 4 nitrogen and oxygen atoms in total. The quantitative estimate of drug-likeness (QED) is 0.507. The van der Waals surface area contributed by atoms with Crippen LogP contribution >= 0.6 is 7.92 Å². The second kappa shape index (κ2) is 3.56. The monoisotopic (exact) mass is 149 g/mol. The number of carboxylic acid groups (broad SMARTS) is 1. The van der Waals surface area contributed by atoms with Crippen LogP contribution in [0.15, 0.2) is 0 Å². The molecule has 0 aromatic carbocycles. The van der Waals surface area contributed by atoms with Gasteiger partial charge < -0.3 is 10.00 Å². The van der Waals surface area contributed by atoms with Crippen LogP contribution in [0.4, 0.5) is 0 Å². The summed E-state index contributed by atoms with van der Waals surface area (Å²) >= 11 is 0. The second-order valence-electron chi connectivity index (χ2n) is 1.43. The van der Waals surface area contributed by atoms with Gasteiger partial charge in [-0.1, -0.05) is 6.92 Å². The van der Waals surface area contributed by atoms with Crippen molar-refractivity contribution >= 4 is 19.2 Å². The van der Waals surface area contributed by atoms with Crippen molar-refractivity contribution in [3.05, 3.63) is 0 Å². The highest BCUT2D eigenvalue weighted by Gasteiger charge is 2.13. The molecule has 0 bridgehead atoms. The molecular weight excluding hydrogens is 141 g/mol. The lowest BCUT2D eigenvalue weighted by molar-refractivity contribution is -0.153. The van der Waals surface area contributed by atoms with Crippen molar-refractivity contribution in [1.82, 2.24) is 0 Å². The first-order chi connectivity index (χ1) is 4.09. The molecule has 0 radical (unpaired) electrons. The van der Waals surface area contributed by atoms with Crippen LogP contribution in [0, 0.1) is 0 Å². The van der Waals surface area contributed by atoms with E-state index in [-0.39, 0.29) is 11.7 Å². The van der Waals surface area contributed by atoms with E-state index in [1.54, 1.807) is 6.92 Å². The number of hydrogen-bond acceptors (Lipinski definition) is 3. The lowest BCUT2D eigenvalue weighted by Gasteiger charge is -1.92. The van der Waals surface area contributed by atoms with Crippen molar-refractivity contribution < 1.29 is 14.8 Å². The summed E-state index contributed by atoms with van der Waals surface area (Å²) in [6.07, 6.45) is 0.237. The number of hydrogen-bond donors (Lipinski definition) is 2. The van der Waals surface area contributed by atoms with E-state index in [1.165, 1.54) is 0 Å². The number of carbonyl (C=O) groups is 1. The van der Waals surface area contributed by atoms with Crippen LogP contribution in [0.25, 0.3) is 0 Å². The van der Waals surface area contributed by atoms with Crippen molar-refractivity contribution in [3.8, 4) is 0 Å². The summed E-state index contributed by atoms with van der Waals surface area (Å²) < 4.78 is 0. The van der Waals surface area contributed by atoms with Gasteiger partial charge in [-0.3, -0.25) is 0 Å². The lowest BCUT2D eigenvalue weighted by atomic mass is 10.3.